The fraction of sp³-hybridized carbons (Fsp3) is 0.462. The van der Waals surface area contributed by atoms with Gasteiger partial charge in [0.05, 0.1) is 17.6 Å². The van der Waals surface area contributed by atoms with Crippen LogP contribution >= 0.6 is 0 Å². The van der Waals surface area contributed by atoms with Crippen LogP contribution in [0.2, 0.25) is 0 Å². The maximum atomic E-state index is 4.62. The molecule has 0 aliphatic carbocycles. The second kappa shape index (κ2) is 3.91. The van der Waals surface area contributed by atoms with Gasteiger partial charge in [0.25, 0.3) is 0 Å². The summed E-state index contributed by atoms with van der Waals surface area (Å²) in [5.41, 5.74) is 3.53. The predicted molar refractivity (Wildman–Crippen MR) is 65.3 cm³/mol. The Morgan fingerprint density at radius 1 is 1.31 bits per heavy atom. The first-order chi connectivity index (χ1) is 7.81. The van der Waals surface area contributed by atoms with Gasteiger partial charge < -0.3 is 4.98 Å². The summed E-state index contributed by atoms with van der Waals surface area (Å²) < 4.78 is 0. The van der Waals surface area contributed by atoms with Gasteiger partial charge in [-0.15, -0.1) is 0 Å². The van der Waals surface area contributed by atoms with Crippen LogP contribution in [0.3, 0.4) is 0 Å². The molecule has 2 heterocycles. The maximum Gasteiger partial charge on any atom is 0.121 e. The van der Waals surface area contributed by atoms with Gasteiger partial charge >= 0.3 is 0 Å². The lowest BCUT2D eigenvalue weighted by atomic mass is 10.2. The molecule has 1 aliphatic rings. The van der Waals surface area contributed by atoms with E-state index < -0.39 is 0 Å². The SMILES string of the molecule is Cc1ccc2nc(CN3CCCC3)[nH]c2c1. The van der Waals surface area contributed by atoms with Crippen LogP contribution in [0.1, 0.15) is 24.2 Å². The van der Waals surface area contributed by atoms with Crippen molar-refractivity contribution in [3.63, 3.8) is 0 Å². The van der Waals surface area contributed by atoms with E-state index in [9.17, 15) is 0 Å². The molecule has 3 nitrogen and oxygen atoms in total. The molecule has 3 heteroatoms. The van der Waals surface area contributed by atoms with Crippen molar-refractivity contribution in [2.24, 2.45) is 0 Å². The van der Waals surface area contributed by atoms with Crippen molar-refractivity contribution in [1.82, 2.24) is 14.9 Å². The summed E-state index contributed by atoms with van der Waals surface area (Å²) in [6, 6.07) is 6.37. The molecular weight excluding hydrogens is 198 g/mol. The van der Waals surface area contributed by atoms with E-state index in [1.54, 1.807) is 0 Å². The highest BCUT2D eigenvalue weighted by atomic mass is 15.2. The second-order valence-corrected chi connectivity index (χ2v) is 4.69. The summed E-state index contributed by atoms with van der Waals surface area (Å²) in [6.07, 6.45) is 2.67. The quantitative estimate of drug-likeness (QED) is 0.834. The van der Waals surface area contributed by atoms with E-state index in [0.717, 1.165) is 23.4 Å². The normalized spacial score (nSPS) is 17.3. The fourth-order valence-corrected chi connectivity index (χ4v) is 2.40. The Morgan fingerprint density at radius 3 is 2.94 bits per heavy atom. The molecule has 16 heavy (non-hydrogen) atoms. The van der Waals surface area contributed by atoms with Gasteiger partial charge in [-0.3, -0.25) is 4.90 Å². The van der Waals surface area contributed by atoms with Crippen LogP contribution < -0.4 is 0 Å². The van der Waals surface area contributed by atoms with Crippen molar-refractivity contribution in [3.8, 4) is 0 Å². The van der Waals surface area contributed by atoms with Crippen LogP contribution in [-0.4, -0.2) is 28.0 Å². The number of fused-ring (bicyclic) bond motifs is 1. The molecule has 1 aromatic heterocycles. The van der Waals surface area contributed by atoms with Crippen molar-refractivity contribution in [2.45, 2.75) is 26.3 Å². The number of hydrogen-bond donors (Lipinski definition) is 1. The van der Waals surface area contributed by atoms with Gasteiger partial charge in [0.1, 0.15) is 5.82 Å². The van der Waals surface area contributed by atoms with Crippen molar-refractivity contribution in [1.29, 1.82) is 0 Å². The number of aryl methyl sites for hydroxylation is 1. The summed E-state index contributed by atoms with van der Waals surface area (Å²) in [6.45, 7) is 5.51. The molecular formula is C13H17N3. The van der Waals surface area contributed by atoms with Crippen molar-refractivity contribution in [3.05, 3.63) is 29.6 Å². The summed E-state index contributed by atoms with van der Waals surface area (Å²) in [5.74, 6) is 1.10. The fourth-order valence-electron chi connectivity index (χ4n) is 2.40. The first-order valence-electron chi connectivity index (χ1n) is 5.99. The monoisotopic (exact) mass is 215 g/mol. The lowest BCUT2D eigenvalue weighted by Gasteiger charge is -2.11. The molecule has 84 valence electrons. The minimum absolute atomic E-state index is 0.966. The highest BCUT2D eigenvalue weighted by molar-refractivity contribution is 5.75. The third-order valence-electron chi connectivity index (χ3n) is 3.26. The van der Waals surface area contributed by atoms with Crippen LogP contribution in [-0.2, 0) is 6.54 Å². The minimum atomic E-state index is 0.966. The molecule has 1 saturated heterocycles. The van der Waals surface area contributed by atoms with Gasteiger partial charge in [-0.05, 0) is 50.6 Å². The molecule has 0 amide bonds. The second-order valence-electron chi connectivity index (χ2n) is 4.69. The summed E-state index contributed by atoms with van der Waals surface area (Å²) in [4.78, 5) is 10.5. The molecule has 1 fully saturated rings. The molecule has 0 atom stereocenters. The highest BCUT2D eigenvalue weighted by Crippen LogP contribution is 2.16. The van der Waals surface area contributed by atoms with E-state index in [-0.39, 0.29) is 0 Å². The van der Waals surface area contributed by atoms with Gasteiger partial charge in [0.2, 0.25) is 0 Å². The number of H-pyrrole nitrogens is 1. The number of nitrogens with one attached hydrogen (secondary N) is 1. The van der Waals surface area contributed by atoms with Crippen LogP contribution in [0, 0.1) is 6.92 Å². The highest BCUT2D eigenvalue weighted by Gasteiger charge is 2.13. The average molecular weight is 215 g/mol. The van der Waals surface area contributed by atoms with Crippen LogP contribution in [0.25, 0.3) is 11.0 Å². The van der Waals surface area contributed by atoms with Gasteiger partial charge in [0, 0.05) is 0 Å². The van der Waals surface area contributed by atoms with Crippen molar-refractivity contribution < 1.29 is 0 Å². The maximum absolute atomic E-state index is 4.62. The van der Waals surface area contributed by atoms with E-state index >= 15 is 0 Å². The third kappa shape index (κ3) is 1.83. The number of hydrogen-bond acceptors (Lipinski definition) is 2. The molecule has 3 rings (SSSR count). The Hall–Kier alpha value is -1.35. The molecule has 1 aromatic carbocycles. The number of benzene rings is 1. The number of aromatic nitrogens is 2. The predicted octanol–water partition coefficient (Wildman–Crippen LogP) is 2.47. The van der Waals surface area contributed by atoms with Crippen LogP contribution in [0.15, 0.2) is 18.2 Å². The summed E-state index contributed by atoms with van der Waals surface area (Å²) in [7, 11) is 0. The lowest BCUT2D eigenvalue weighted by Crippen LogP contribution is -2.19. The van der Waals surface area contributed by atoms with Gasteiger partial charge in [-0.25, -0.2) is 4.98 Å². The number of aromatic amines is 1. The van der Waals surface area contributed by atoms with E-state index in [4.69, 9.17) is 0 Å². The molecule has 0 bridgehead atoms. The van der Waals surface area contributed by atoms with E-state index in [1.807, 2.05) is 0 Å². The number of imidazole rings is 1. The number of rotatable bonds is 2. The third-order valence-corrected chi connectivity index (χ3v) is 3.26. The Kier molecular flexibility index (Phi) is 2.40. The number of nitrogens with zero attached hydrogens (tertiary/aromatic N) is 2. The first-order valence-corrected chi connectivity index (χ1v) is 5.99. The Labute approximate surface area is 95.5 Å². The van der Waals surface area contributed by atoms with Gasteiger partial charge in [-0.2, -0.15) is 0 Å². The lowest BCUT2D eigenvalue weighted by molar-refractivity contribution is 0.324. The Bertz CT molecular complexity index is 495. The zero-order valence-corrected chi connectivity index (χ0v) is 9.66. The smallest absolute Gasteiger partial charge is 0.121 e. The van der Waals surface area contributed by atoms with E-state index in [0.29, 0.717) is 0 Å². The van der Waals surface area contributed by atoms with Gasteiger partial charge in [0.15, 0.2) is 0 Å². The molecule has 0 radical (unpaired) electrons. The van der Waals surface area contributed by atoms with E-state index in [2.05, 4.69) is 40.0 Å². The first kappa shape index (κ1) is 9.85. The van der Waals surface area contributed by atoms with Crippen molar-refractivity contribution in [2.75, 3.05) is 13.1 Å². The molecule has 0 spiro atoms. The number of likely N-dealkylation sites (tertiary alicyclic amines) is 1. The zero-order valence-electron chi connectivity index (χ0n) is 9.66. The largest absolute Gasteiger partial charge is 0.341 e. The minimum Gasteiger partial charge on any atom is -0.341 e. The average Bonchev–Trinajstić information content (AvgIpc) is 2.86. The van der Waals surface area contributed by atoms with Crippen LogP contribution in [0.5, 0.6) is 0 Å². The topological polar surface area (TPSA) is 31.9 Å². The molecule has 1 N–H and O–H groups in total. The summed E-state index contributed by atoms with van der Waals surface area (Å²) >= 11 is 0. The van der Waals surface area contributed by atoms with E-state index in [1.165, 1.54) is 31.5 Å². The molecule has 0 saturated carbocycles. The van der Waals surface area contributed by atoms with Crippen molar-refractivity contribution >= 4 is 11.0 Å². The summed E-state index contributed by atoms with van der Waals surface area (Å²) in [5, 5.41) is 0. The van der Waals surface area contributed by atoms with Crippen LogP contribution in [0.4, 0.5) is 0 Å². The standard InChI is InChI=1S/C13H17N3/c1-10-4-5-11-12(8-10)15-13(14-11)9-16-6-2-3-7-16/h4-5,8H,2-3,6-7,9H2,1H3,(H,14,15). The molecule has 2 aromatic rings. The van der Waals surface area contributed by atoms with Gasteiger partial charge in [-0.1, -0.05) is 6.07 Å². The zero-order chi connectivity index (χ0) is 11.0. The Morgan fingerprint density at radius 2 is 2.12 bits per heavy atom. The molecule has 0 unspecified atom stereocenters. The Balaban J connectivity index is 1.86. The molecule has 1 aliphatic heterocycles.